The van der Waals surface area contributed by atoms with Crippen molar-refractivity contribution in [2.75, 3.05) is 13.2 Å². The Labute approximate surface area is 67.6 Å². The summed E-state index contributed by atoms with van der Waals surface area (Å²) in [5.41, 5.74) is 5.38. The molecule has 0 bridgehead atoms. The van der Waals surface area contributed by atoms with Gasteiger partial charge in [-0.2, -0.15) is 0 Å². The minimum atomic E-state index is 0.383. The predicted octanol–water partition coefficient (Wildman–Crippen LogP) is 0.933. The SMILES string of the molecule is CCC1=NC(CCCN)CO1. The minimum Gasteiger partial charge on any atom is -0.479 e. The average molecular weight is 156 g/mol. The van der Waals surface area contributed by atoms with E-state index in [0.29, 0.717) is 6.04 Å². The van der Waals surface area contributed by atoms with Crippen molar-refractivity contribution >= 4 is 5.90 Å². The minimum absolute atomic E-state index is 0.383. The smallest absolute Gasteiger partial charge is 0.183 e. The Hall–Kier alpha value is -0.570. The lowest BCUT2D eigenvalue weighted by Crippen LogP contribution is -2.09. The molecular formula is C8H16N2O. The van der Waals surface area contributed by atoms with Gasteiger partial charge in [-0.3, -0.25) is 0 Å². The number of hydrogen-bond acceptors (Lipinski definition) is 3. The molecule has 0 aromatic heterocycles. The van der Waals surface area contributed by atoms with E-state index in [1.165, 1.54) is 0 Å². The maximum absolute atomic E-state index is 5.38. The average Bonchev–Trinajstić information content (AvgIpc) is 2.48. The Morgan fingerprint density at radius 2 is 2.55 bits per heavy atom. The van der Waals surface area contributed by atoms with Gasteiger partial charge in [-0.25, -0.2) is 4.99 Å². The lowest BCUT2D eigenvalue weighted by atomic mass is 10.2. The number of rotatable bonds is 4. The third kappa shape index (κ3) is 2.50. The van der Waals surface area contributed by atoms with Crippen LogP contribution in [0.15, 0.2) is 4.99 Å². The first-order chi connectivity index (χ1) is 5.36. The molecule has 1 unspecified atom stereocenters. The summed E-state index contributed by atoms with van der Waals surface area (Å²) < 4.78 is 5.32. The summed E-state index contributed by atoms with van der Waals surface area (Å²) in [5.74, 6) is 0.909. The lowest BCUT2D eigenvalue weighted by molar-refractivity contribution is 0.304. The van der Waals surface area contributed by atoms with E-state index < -0.39 is 0 Å². The van der Waals surface area contributed by atoms with Crippen molar-refractivity contribution in [2.24, 2.45) is 10.7 Å². The molecule has 1 aliphatic heterocycles. The molecule has 3 heteroatoms. The van der Waals surface area contributed by atoms with Crippen molar-refractivity contribution in [1.29, 1.82) is 0 Å². The normalized spacial score (nSPS) is 23.1. The van der Waals surface area contributed by atoms with Crippen LogP contribution in [0.1, 0.15) is 26.2 Å². The quantitative estimate of drug-likeness (QED) is 0.658. The topological polar surface area (TPSA) is 47.6 Å². The second kappa shape index (κ2) is 4.34. The zero-order chi connectivity index (χ0) is 8.10. The Kier molecular flexibility index (Phi) is 3.36. The molecule has 0 fully saturated rings. The van der Waals surface area contributed by atoms with Crippen molar-refractivity contribution in [3.8, 4) is 0 Å². The van der Waals surface area contributed by atoms with Crippen LogP contribution in [0.4, 0.5) is 0 Å². The second-order valence-corrected chi connectivity index (χ2v) is 2.77. The summed E-state index contributed by atoms with van der Waals surface area (Å²) in [6, 6.07) is 0.383. The summed E-state index contributed by atoms with van der Waals surface area (Å²) in [7, 11) is 0. The van der Waals surface area contributed by atoms with Gasteiger partial charge >= 0.3 is 0 Å². The fourth-order valence-corrected chi connectivity index (χ4v) is 1.17. The van der Waals surface area contributed by atoms with Gasteiger partial charge in [0.1, 0.15) is 6.61 Å². The molecule has 0 radical (unpaired) electrons. The molecule has 1 atom stereocenters. The van der Waals surface area contributed by atoms with Gasteiger partial charge in [-0.1, -0.05) is 6.92 Å². The zero-order valence-electron chi connectivity index (χ0n) is 7.05. The molecule has 2 N–H and O–H groups in total. The summed E-state index contributed by atoms with van der Waals surface area (Å²) >= 11 is 0. The fraction of sp³-hybridized carbons (Fsp3) is 0.875. The largest absolute Gasteiger partial charge is 0.479 e. The zero-order valence-corrected chi connectivity index (χ0v) is 7.05. The molecule has 0 aromatic carbocycles. The van der Waals surface area contributed by atoms with Gasteiger partial charge in [0.05, 0.1) is 6.04 Å². The Morgan fingerprint density at radius 1 is 1.73 bits per heavy atom. The van der Waals surface area contributed by atoms with Crippen molar-refractivity contribution < 1.29 is 4.74 Å². The van der Waals surface area contributed by atoms with E-state index in [2.05, 4.69) is 11.9 Å². The van der Waals surface area contributed by atoms with Crippen LogP contribution in [0.25, 0.3) is 0 Å². The van der Waals surface area contributed by atoms with Crippen molar-refractivity contribution in [3.05, 3.63) is 0 Å². The highest BCUT2D eigenvalue weighted by molar-refractivity contribution is 5.77. The molecule has 64 valence electrons. The van der Waals surface area contributed by atoms with Gasteiger partial charge < -0.3 is 10.5 Å². The van der Waals surface area contributed by atoms with E-state index in [1.54, 1.807) is 0 Å². The second-order valence-electron chi connectivity index (χ2n) is 2.77. The molecule has 3 nitrogen and oxygen atoms in total. The lowest BCUT2D eigenvalue weighted by Gasteiger charge is -2.01. The summed E-state index contributed by atoms with van der Waals surface area (Å²) in [6.07, 6.45) is 3.04. The maximum Gasteiger partial charge on any atom is 0.183 e. The monoisotopic (exact) mass is 156 g/mol. The third-order valence-electron chi connectivity index (χ3n) is 1.81. The van der Waals surface area contributed by atoms with Gasteiger partial charge in [0.25, 0.3) is 0 Å². The van der Waals surface area contributed by atoms with Crippen LogP contribution < -0.4 is 5.73 Å². The van der Waals surface area contributed by atoms with E-state index in [0.717, 1.165) is 38.3 Å². The van der Waals surface area contributed by atoms with Crippen LogP contribution in [0.2, 0.25) is 0 Å². The van der Waals surface area contributed by atoms with E-state index in [-0.39, 0.29) is 0 Å². The molecule has 0 saturated carbocycles. The standard InChI is InChI=1S/C8H16N2O/c1-2-8-10-7(6-11-8)4-3-5-9/h7H,2-6,9H2,1H3. The van der Waals surface area contributed by atoms with Crippen LogP contribution in [-0.2, 0) is 4.74 Å². The number of ether oxygens (including phenoxy) is 1. The van der Waals surface area contributed by atoms with Gasteiger partial charge in [0.15, 0.2) is 5.90 Å². The Balaban J connectivity index is 2.22. The van der Waals surface area contributed by atoms with Crippen LogP contribution in [0, 0.1) is 0 Å². The molecule has 0 aliphatic carbocycles. The Morgan fingerprint density at radius 3 is 3.09 bits per heavy atom. The fourth-order valence-electron chi connectivity index (χ4n) is 1.17. The summed E-state index contributed by atoms with van der Waals surface area (Å²) in [6.45, 7) is 3.58. The Bertz CT molecular complexity index is 145. The first-order valence-corrected chi connectivity index (χ1v) is 4.26. The van der Waals surface area contributed by atoms with Gasteiger partial charge in [-0.15, -0.1) is 0 Å². The molecule has 0 saturated heterocycles. The molecule has 0 aromatic rings. The highest BCUT2D eigenvalue weighted by atomic mass is 16.5. The first-order valence-electron chi connectivity index (χ1n) is 4.26. The van der Waals surface area contributed by atoms with E-state index in [1.807, 2.05) is 0 Å². The molecule has 0 spiro atoms. The molecular weight excluding hydrogens is 140 g/mol. The maximum atomic E-state index is 5.38. The first kappa shape index (κ1) is 8.53. The van der Waals surface area contributed by atoms with Crippen molar-refractivity contribution in [2.45, 2.75) is 32.2 Å². The van der Waals surface area contributed by atoms with Crippen molar-refractivity contribution in [3.63, 3.8) is 0 Å². The van der Waals surface area contributed by atoms with Gasteiger partial charge in [0.2, 0.25) is 0 Å². The van der Waals surface area contributed by atoms with Crippen LogP contribution in [0.3, 0.4) is 0 Å². The number of aliphatic imine (C=N–C) groups is 1. The van der Waals surface area contributed by atoms with Crippen LogP contribution in [-0.4, -0.2) is 25.1 Å². The molecule has 0 amide bonds. The van der Waals surface area contributed by atoms with Gasteiger partial charge in [-0.05, 0) is 19.4 Å². The summed E-state index contributed by atoms with van der Waals surface area (Å²) in [5, 5.41) is 0. The molecule has 1 heterocycles. The van der Waals surface area contributed by atoms with E-state index in [9.17, 15) is 0 Å². The number of nitrogens with zero attached hydrogens (tertiary/aromatic N) is 1. The van der Waals surface area contributed by atoms with Crippen LogP contribution in [0.5, 0.6) is 0 Å². The molecule has 1 rings (SSSR count). The highest BCUT2D eigenvalue weighted by Crippen LogP contribution is 2.11. The molecule has 1 aliphatic rings. The molecule has 11 heavy (non-hydrogen) atoms. The van der Waals surface area contributed by atoms with Crippen molar-refractivity contribution in [1.82, 2.24) is 0 Å². The van der Waals surface area contributed by atoms with E-state index >= 15 is 0 Å². The third-order valence-corrected chi connectivity index (χ3v) is 1.81. The van der Waals surface area contributed by atoms with Gasteiger partial charge in [0, 0.05) is 6.42 Å². The number of nitrogens with two attached hydrogens (primary N) is 1. The van der Waals surface area contributed by atoms with E-state index in [4.69, 9.17) is 10.5 Å². The highest BCUT2D eigenvalue weighted by Gasteiger charge is 2.15. The summed E-state index contributed by atoms with van der Waals surface area (Å²) in [4.78, 5) is 4.38. The van der Waals surface area contributed by atoms with Crippen LogP contribution >= 0.6 is 0 Å². The predicted molar refractivity (Wildman–Crippen MR) is 45.8 cm³/mol. The number of hydrogen-bond donors (Lipinski definition) is 1.